The minimum Gasteiger partial charge on any atom is -0.353 e. The van der Waals surface area contributed by atoms with Gasteiger partial charge in [-0.15, -0.1) is 0 Å². The molecule has 0 aliphatic carbocycles. The Morgan fingerprint density at radius 2 is 1.00 bits per heavy atom. The van der Waals surface area contributed by atoms with Crippen LogP contribution in [0.4, 0.5) is 0 Å². The van der Waals surface area contributed by atoms with Crippen molar-refractivity contribution in [3.63, 3.8) is 0 Å². The molecule has 9 rings (SSSR count). The number of nitrogens with one attached hydrogen (secondary N) is 1. The summed E-state index contributed by atoms with van der Waals surface area (Å²) in [5.41, 5.74) is 8.33. The van der Waals surface area contributed by atoms with E-state index in [1.54, 1.807) is 0 Å². The van der Waals surface area contributed by atoms with Crippen LogP contribution in [0.2, 0.25) is 0 Å². The van der Waals surface area contributed by atoms with Crippen LogP contribution in [-0.4, -0.2) is 24.5 Å². The highest BCUT2D eigenvalue weighted by molar-refractivity contribution is 6.22. The second-order valence-corrected chi connectivity index (χ2v) is 11.0. The third-order valence-corrected chi connectivity index (χ3v) is 8.40. The minimum absolute atomic E-state index is 0.628. The van der Waals surface area contributed by atoms with Crippen LogP contribution >= 0.6 is 0 Å². The molecule has 0 atom stereocenters. The van der Waals surface area contributed by atoms with Crippen molar-refractivity contribution in [1.29, 1.82) is 0 Å². The first-order valence-corrected chi connectivity index (χ1v) is 14.7. The Morgan fingerprint density at radius 3 is 1.75 bits per heavy atom. The average Bonchev–Trinajstić information content (AvgIpc) is 3.65. The van der Waals surface area contributed by atoms with Crippen molar-refractivity contribution in [3.05, 3.63) is 146 Å². The fraction of sp³-hybridized carbons (Fsp3) is 0. The molecule has 9 aromatic rings. The predicted octanol–water partition coefficient (Wildman–Crippen LogP) is 9.60. The number of fused-ring (bicyclic) bond motifs is 7. The lowest BCUT2D eigenvalue weighted by Crippen LogP contribution is -2.03. The van der Waals surface area contributed by atoms with E-state index in [2.05, 4.69) is 94.5 Å². The molecule has 0 fully saturated rings. The molecule has 0 spiro atoms. The van der Waals surface area contributed by atoms with Gasteiger partial charge in [0.2, 0.25) is 0 Å². The summed E-state index contributed by atoms with van der Waals surface area (Å²) < 4.78 is 2.37. The van der Waals surface area contributed by atoms with Crippen LogP contribution in [-0.2, 0) is 0 Å². The van der Waals surface area contributed by atoms with Crippen molar-refractivity contribution in [3.8, 4) is 39.9 Å². The molecule has 5 nitrogen and oxygen atoms in total. The van der Waals surface area contributed by atoms with Gasteiger partial charge >= 0.3 is 0 Å². The van der Waals surface area contributed by atoms with Crippen molar-refractivity contribution >= 4 is 43.6 Å². The number of benzene rings is 6. The number of hydrogen-bond donors (Lipinski definition) is 1. The van der Waals surface area contributed by atoms with Gasteiger partial charge < -0.3 is 9.55 Å². The van der Waals surface area contributed by atoms with Crippen molar-refractivity contribution in [2.24, 2.45) is 0 Å². The van der Waals surface area contributed by atoms with E-state index in [0.717, 1.165) is 44.4 Å². The molecule has 1 N–H and O–H groups in total. The molecule has 3 aromatic heterocycles. The zero-order valence-electron chi connectivity index (χ0n) is 23.6. The maximum Gasteiger partial charge on any atom is 0.166 e. The Hall–Kier alpha value is -6.07. The zero-order valence-corrected chi connectivity index (χ0v) is 23.6. The van der Waals surface area contributed by atoms with Crippen molar-refractivity contribution in [2.45, 2.75) is 0 Å². The quantitative estimate of drug-likeness (QED) is 0.232. The van der Waals surface area contributed by atoms with Gasteiger partial charge in [0.25, 0.3) is 0 Å². The second kappa shape index (κ2) is 9.75. The smallest absolute Gasteiger partial charge is 0.166 e. The number of rotatable bonds is 4. The number of para-hydroxylation sites is 3. The first-order chi connectivity index (χ1) is 21.8. The molecule has 3 heterocycles. The van der Waals surface area contributed by atoms with Crippen molar-refractivity contribution in [1.82, 2.24) is 24.5 Å². The highest BCUT2D eigenvalue weighted by Gasteiger charge is 2.21. The standard InChI is InChI=1S/C39H25N5/c1-3-13-25(14-4-1)37-41-38(26-15-5-2-6-16-26)43-39(42-37)31-19-9-12-22-34(31)44-33-21-11-8-18-28(33)30-24-23-29-27-17-7-10-20-32(27)40-35(29)36(30)44/h1-24,40H. The third-order valence-electron chi connectivity index (χ3n) is 8.40. The number of H-pyrrole nitrogens is 1. The molecule has 0 bridgehead atoms. The summed E-state index contributed by atoms with van der Waals surface area (Å²) in [7, 11) is 0. The number of hydrogen-bond acceptors (Lipinski definition) is 3. The second-order valence-electron chi connectivity index (χ2n) is 11.0. The summed E-state index contributed by atoms with van der Waals surface area (Å²) in [5.74, 6) is 1.91. The van der Waals surface area contributed by atoms with E-state index in [1.165, 1.54) is 21.5 Å². The van der Waals surface area contributed by atoms with Crippen LogP contribution in [0.15, 0.2) is 146 Å². The van der Waals surface area contributed by atoms with Crippen molar-refractivity contribution < 1.29 is 0 Å². The molecule has 0 aliphatic rings. The van der Waals surface area contributed by atoms with E-state index in [-0.39, 0.29) is 0 Å². The summed E-state index contributed by atoms with van der Waals surface area (Å²) >= 11 is 0. The zero-order chi connectivity index (χ0) is 29.0. The monoisotopic (exact) mass is 563 g/mol. The molecule has 0 saturated carbocycles. The number of nitrogens with zero attached hydrogens (tertiary/aromatic N) is 4. The van der Waals surface area contributed by atoms with E-state index >= 15 is 0 Å². The van der Waals surface area contributed by atoms with E-state index in [9.17, 15) is 0 Å². The Bertz CT molecular complexity index is 2430. The van der Waals surface area contributed by atoms with Gasteiger partial charge in [0.1, 0.15) is 0 Å². The summed E-state index contributed by atoms with van der Waals surface area (Å²) in [6.45, 7) is 0. The Morgan fingerprint density at radius 1 is 0.432 bits per heavy atom. The highest BCUT2D eigenvalue weighted by Crippen LogP contribution is 2.40. The van der Waals surface area contributed by atoms with Gasteiger partial charge in [-0.1, -0.05) is 121 Å². The molecule has 0 aliphatic heterocycles. The average molecular weight is 564 g/mol. The lowest BCUT2D eigenvalue weighted by molar-refractivity contribution is 1.06. The summed E-state index contributed by atoms with van der Waals surface area (Å²) in [4.78, 5) is 18.8. The van der Waals surface area contributed by atoms with Gasteiger partial charge in [0, 0.05) is 43.8 Å². The molecule has 5 heteroatoms. The minimum atomic E-state index is 0.628. The van der Waals surface area contributed by atoms with Crippen molar-refractivity contribution in [2.75, 3.05) is 0 Å². The van der Waals surface area contributed by atoms with Crippen LogP contribution in [0.5, 0.6) is 0 Å². The number of aromatic nitrogens is 5. The van der Waals surface area contributed by atoms with E-state index in [0.29, 0.717) is 17.5 Å². The Labute approximate surface area is 253 Å². The van der Waals surface area contributed by atoms with E-state index in [1.807, 2.05) is 60.7 Å². The van der Waals surface area contributed by atoms with Gasteiger partial charge in [-0.3, -0.25) is 0 Å². The lowest BCUT2D eigenvalue weighted by Gasteiger charge is -2.15. The molecule has 0 amide bonds. The molecular weight excluding hydrogens is 538 g/mol. The molecule has 0 saturated heterocycles. The Balaban J connectivity index is 1.37. The van der Waals surface area contributed by atoms with Gasteiger partial charge in [0.05, 0.1) is 22.2 Å². The molecule has 6 aromatic carbocycles. The summed E-state index contributed by atoms with van der Waals surface area (Å²) in [5, 5.41) is 4.81. The van der Waals surface area contributed by atoms with E-state index < -0.39 is 0 Å². The fourth-order valence-electron chi connectivity index (χ4n) is 6.41. The molecule has 206 valence electrons. The van der Waals surface area contributed by atoms with Gasteiger partial charge in [-0.2, -0.15) is 0 Å². The molecular formula is C39H25N5. The van der Waals surface area contributed by atoms with Crippen LogP contribution in [0.25, 0.3) is 83.5 Å². The van der Waals surface area contributed by atoms with Gasteiger partial charge in [-0.05, 0) is 24.3 Å². The summed E-state index contributed by atoms with van der Waals surface area (Å²) in [6, 6.07) is 50.2. The largest absolute Gasteiger partial charge is 0.353 e. The first kappa shape index (κ1) is 24.5. The predicted molar refractivity (Wildman–Crippen MR) is 180 cm³/mol. The van der Waals surface area contributed by atoms with Crippen LogP contribution in [0.3, 0.4) is 0 Å². The van der Waals surface area contributed by atoms with Gasteiger partial charge in [0.15, 0.2) is 17.5 Å². The SMILES string of the molecule is c1ccc(-c2nc(-c3ccccc3)nc(-c3ccccc3-n3c4ccccc4c4ccc5c6ccccc6[nH]c5c43)n2)cc1. The first-order valence-electron chi connectivity index (χ1n) is 14.7. The summed E-state index contributed by atoms with van der Waals surface area (Å²) in [6.07, 6.45) is 0. The Kier molecular flexibility index (Phi) is 5.43. The molecule has 44 heavy (non-hydrogen) atoms. The topological polar surface area (TPSA) is 59.4 Å². The van der Waals surface area contributed by atoms with Gasteiger partial charge in [-0.25, -0.2) is 15.0 Å². The number of aromatic amines is 1. The van der Waals surface area contributed by atoms with Crippen LogP contribution in [0, 0.1) is 0 Å². The third kappa shape index (κ3) is 3.76. The molecule has 0 unspecified atom stereocenters. The maximum atomic E-state index is 5.08. The normalized spacial score (nSPS) is 11.6. The maximum absolute atomic E-state index is 5.08. The fourth-order valence-corrected chi connectivity index (χ4v) is 6.41. The highest BCUT2D eigenvalue weighted by atomic mass is 15.1. The molecule has 0 radical (unpaired) electrons. The van der Waals surface area contributed by atoms with E-state index in [4.69, 9.17) is 15.0 Å². The lowest BCUT2D eigenvalue weighted by atomic mass is 10.1. The van der Waals surface area contributed by atoms with Crippen LogP contribution < -0.4 is 0 Å². The van der Waals surface area contributed by atoms with Crippen LogP contribution in [0.1, 0.15) is 0 Å².